The first kappa shape index (κ1) is 21.0. The first-order valence-electron chi connectivity index (χ1n) is 8.98. The van der Waals surface area contributed by atoms with Crippen LogP contribution in [0, 0.1) is 6.92 Å². The molecule has 0 bridgehead atoms. The molecule has 2 aromatic carbocycles. The topological polar surface area (TPSA) is 71.1 Å². The number of aryl methyl sites for hydroxylation is 1. The quantitative estimate of drug-likeness (QED) is 0.611. The van der Waals surface area contributed by atoms with Crippen LogP contribution in [0.1, 0.15) is 28.5 Å². The number of nitrogens with one attached hydrogen (secondary N) is 2. The van der Waals surface area contributed by atoms with Crippen LogP contribution in [0.25, 0.3) is 11.3 Å². The van der Waals surface area contributed by atoms with Crippen molar-refractivity contribution in [3.63, 3.8) is 0 Å². The van der Waals surface area contributed by atoms with Gasteiger partial charge in [0.05, 0.1) is 28.2 Å². The third-order valence-electron chi connectivity index (χ3n) is 4.29. The van der Waals surface area contributed by atoms with E-state index < -0.39 is 29.2 Å². The molecule has 30 heavy (non-hydrogen) atoms. The molecule has 0 unspecified atom stereocenters. The molecule has 3 rings (SSSR count). The Morgan fingerprint density at radius 1 is 0.933 bits per heavy atom. The minimum Gasteiger partial charge on any atom is -0.326 e. The van der Waals surface area contributed by atoms with Gasteiger partial charge in [-0.15, -0.1) is 0 Å². The van der Waals surface area contributed by atoms with Crippen LogP contribution in [0.5, 0.6) is 0 Å². The van der Waals surface area contributed by atoms with Gasteiger partial charge < -0.3 is 10.6 Å². The Bertz CT molecular complexity index is 1100. The highest BCUT2D eigenvalue weighted by molar-refractivity contribution is 6.05. The number of halogens is 3. The van der Waals surface area contributed by atoms with Gasteiger partial charge in [0.2, 0.25) is 5.91 Å². The summed E-state index contributed by atoms with van der Waals surface area (Å²) in [6.07, 6.45) is -4.72. The molecule has 0 saturated heterocycles. The van der Waals surface area contributed by atoms with E-state index in [1.165, 1.54) is 19.1 Å². The number of hydrogen-bond acceptors (Lipinski definition) is 3. The molecular formula is C22H18F3N3O2. The van der Waals surface area contributed by atoms with E-state index in [4.69, 9.17) is 0 Å². The molecule has 3 aromatic rings. The van der Waals surface area contributed by atoms with Crippen LogP contribution in [0.15, 0.2) is 60.7 Å². The molecule has 0 radical (unpaired) electrons. The van der Waals surface area contributed by atoms with Gasteiger partial charge in [0, 0.05) is 18.2 Å². The lowest BCUT2D eigenvalue weighted by atomic mass is 10.1. The first-order chi connectivity index (χ1) is 14.1. The van der Waals surface area contributed by atoms with Crippen molar-refractivity contribution in [1.82, 2.24) is 4.98 Å². The lowest BCUT2D eigenvalue weighted by Crippen LogP contribution is -2.18. The molecule has 1 aromatic heterocycles. The summed E-state index contributed by atoms with van der Waals surface area (Å²) in [5, 5.41) is 4.60. The zero-order valence-corrected chi connectivity index (χ0v) is 16.2. The monoisotopic (exact) mass is 413 g/mol. The smallest absolute Gasteiger partial charge is 0.326 e. The number of alkyl halides is 3. The second kappa shape index (κ2) is 8.36. The van der Waals surface area contributed by atoms with Crippen LogP contribution >= 0.6 is 0 Å². The maximum atomic E-state index is 13.5. The maximum Gasteiger partial charge on any atom is 0.418 e. The molecule has 2 amide bonds. The normalized spacial score (nSPS) is 11.1. The number of carbonyl (C=O) groups is 2. The SMILES string of the molecule is CC(=O)Nc1ccc(NC(=O)c2ccc(-c3ccccc3)nc2C)c(C(F)(F)F)c1. The lowest BCUT2D eigenvalue weighted by molar-refractivity contribution is -0.137. The number of amides is 2. The molecule has 0 saturated carbocycles. The fourth-order valence-electron chi connectivity index (χ4n) is 2.93. The largest absolute Gasteiger partial charge is 0.418 e. The summed E-state index contributed by atoms with van der Waals surface area (Å²) in [5.74, 6) is -1.21. The molecule has 1 heterocycles. The molecule has 0 aliphatic heterocycles. The van der Waals surface area contributed by atoms with Gasteiger partial charge in [-0.3, -0.25) is 14.6 Å². The van der Waals surface area contributed by atoms with Crippen LogP contribution in [0.4, 0.5) is 24.5 Å². The summed E-state index contributed by atoms with van der Waals surface area (Å²) in [5.41, 5.74) is 0.575. The minimum atomic E-state index is -4.72. The molecule has 154 valence electrons. The molecule has 0 fully saturated rings. The Balaban J connectivity index is 1.89. The van der Waals surface area contributed by atoms with Crippen molar-refractivity contribution in [2.24, 2.45) is 0 Å². The number of anilines is 2. The van der Waals surface area contributed by atoms with Crippen LogP contribution in [-0.4, -0.2) is 16.8 Å². The Morgan fingerprint density at radius 2 is 1.63 bits per heavy atom. The van der Waals surface area contributed by atoms with Crippen LogP contribution in [-0.2, 0) is 11.0 Å². The fraction of sp³-hybridized carbons (Fsp3) is 0.136. The molecule has 0 spiro atoms. The van der Waals surface area contributed by atoms with E-state index in [9.17, 15) is 22.8 Å². The van der Waals surface area contributed by atoms with Gasteiger partial charge >= 0.3 is 6.18 Å². The van der Waals surface area contributed by atoms with E-state index in [1.54, 1.807) is 13.0 Å². The number of benzene rings is 2. The van der Waals surface area contributed by atoms with E-state index in [0.717, 1.165) is 17.7 Å². The van der Waals surface area contributed by atoms with Gasteiger partial charge in [-0.1, -0.05) is 30.3 Å². The Kier molecular flexibility index (Phi) is 5.86. The van der Waals surface area contributed by atoms with Crippen molar-refractivity contribution in [3.8, 4) is 11.3 Å². The van der Waals surface area contributed by atoms with Crippen molar-refractivity contribution in [1.29, 1.82) is 0 Å². The van der Waals surface area contributed by atoms with Gasteiger partial charge in [0.1, 0.15) is 0 Å². The van der Waals surface area contributed by atoms with E-state index in [1.807, 2.05) is 30.3 Å². The molecule has 5 nitrogen and oxygen atoms in total. The molecule has 0 aliphatic rings. The Labute approximate surface area is 171 Å². The van der Waals surface area contributed by atoms with E-state index in [-0.39, 0.29) is 11.3 Å². The van der Waals surface area contributed by atoms with E-state index in [2.05, 4.69) is 15.6 Å². The van der Waals surface area contributed by atoms with Crippen molar-refractivity contribution in [2.75, 3.05) is 10.6 Å². The minimum absolute atomic E-state index is 0.0158. The summed E-state index contributed by atoms with van der Waals surface area (Å²) in [6.45, 7) is 2.81. The van der Waals surface area contributed by atoms with Gasteiger partial charge in [-0.25, -0.2) is 0 Å². The molecule has 8 heteroatoms. The first-order valence-corrected chi connectivity index (χ1v) is 8.98. The van der Waals surface area contributed by atoms with Gasteiger partial charge in [0.25, 0.3) is 5.91 Å². The van der Waals surface area contributed by atoms with E-state index in [0.29, 0.717) is 11.4 Å². The third kappa shape index (κ3) is 4.83. The average molecular weight is 413 g/mol. The second-order valence-electron chi connectivity index (χ2n) is 6.59. The standard InChI is InChI=1S/C22H18F3N3O2/c1-13-17(9-11-19(26-13)15-6-4-3-5-7-15)21(30)28-20-10-8-16(27-14(2)29)12-18(20)22(23,24)25/h3-12H,1-2H3,(H,27,29)(H,28,30). The molecular weight excluding hydrogens is 395 g/mol. The summed E-state index contributed by atoms with van der Waals surface area (Å²) in [6, 6.07) is 15.7. The number of pyridine rings is 1. The number of hydrogen-bond donors (Lipinski definition) is 2. The lowest BCUT2D eigenvalue weighted by Gasteiger charge is -2.16. The summed E-state index contributed by atoms with van der Waals surface area (Å²) >= 11 is 0. The van der Waals surface area contributed by atoms with Crippen LogP contribution in [0.3, 0.4) is 0 Å². The number of aromatic nitrogens is 1. The van der Waals surface area contributed by atoms with E-state index >= 15 is 0 Å². The Morgan fingerprint density at radius 3 is 2.23 bits per heavy atom. The van der Waals surface area contributed by atoms with Crippen molar-refractivity contribution >= 4 is 23.2 Å². The predicted molar refractivity (Wildman–Crippen MR) is 108 cm³/mol. The fourth-order valence-corrected chi connectivity index (χ4v) is 2.93. The summed E-state index contributed by atoms with van der Waals surface area (Å²) < 4.78 is 40.4. The maximum absolute atomic E-state index is 13.5. The van der Waals surface area contributed by atoms with Crippen molar-refractivity contribution in [2.45, 2.75) is 20.0 Å². The molecule has 0 aliphatic carbocycles. The van der Waals surface area contributed by atoms with Crippen LogP contribution in [0.2, 0.25) is 0 Å². The third-order valence-corrected chi connectivity index (χ3v) is 4.29. The van der Waals surface area contributed by atoms with Crippen LogP contribution < -0.4 is 10.6 Å². The summed E-state index contributed by atoms with van der Waals surface area (Å²) in [7, 11) is 0. The zero-order chi connectivity index (χ0) is 21.9. The molecule has 2 N–H and O–H groups in total. The highest BCUT2D eigenvalue weighted by atomic mass is 19.4. The van der Waals surface area contributed by atoms with Crippen molar-refractivity contribution in [3.05, 3.63) is 77.5 Å². The van der Waals surface area contributed by atoms with Crippen molar-refractivity contribution < 1.29 is 22.8 Å². The number of carbonyl (C=O) groups excluding carboxylic acids is 2. The van der Waals surface area contributed by atoms with Gasteiger partial charge in [-0.2, -0.15) is 13.2 Å². The number of nitrogens with zero attached hydrogens (tertiary/aromatic N) is 1. The average Bonchev–Trinajstić information content (AvgIpc) is 2.68. The Hall–Kier alpha value is -3.68. The highest BCUT2D eigenvalue weighted by Crippen LogP contribution is 2.37. The second-order valence-corrected chi connectivity index (χ2v) is 6.59. The van der Waals surface area contributed by atoms with Gasteiger partial charge in [-0.05, 0) is 37.3 Å². The zero-order valence-electron chi connectivity index (χ0n) is 16.2. The highest BCUT2D eigenvalue weighted by Gasteiger charge is 2.34. The number of rotatable bonds is 4. The van der Waals surface area contributed by atoms with Gasteiger partial charge in [0.15, 0.2) is 0 Å². The predicted octanol–water partition coefficient (Wildman–Crippen LogP) is 5.29. The summed E-state index contributed by atoms with van der Waals surface area (Å²) in [4.78, 5) is 28.2. The molecule has 0 atom stereocenters.